The second-order valence-electron chi connectivity index (χ2n) is 1.58. The Morgan fingerprint density at radius 1 is 1.29 bits per heavy atom. The van der Waals surface area contributed by atoms with Gasteiger partial charge < -0.3 is 0 Å². The molecule has 0 N–H and O–H groups in total. The van der Waals surface area contributed by atoms with Crippen LogP contribution >= 0.6 is 12.4 Å². The molecular weight excluding hydrogens is 110 g/mol. The molecule has 0 amide bonds. The van der Waals surface area contributed by atoms with Gasteiger partial charge in [-0.25, -0.2) is 0 Å². The molecule has 1 heterocycles. The number of hydrogen-bond donors (Lipinski definition) is 0. The summed E-state index contributed by atoms with van der Waals surface area (Å²) in [5.41, 5.74) is 0. The summed E-state index contributed by atoms with van der Waals surface area (Å²) in [7, 11) is 0. The topological polar surface area (TPSA) is 12.4 Å². The number of hydrogen-bond acceptors (Lipinski definition) is 1. The zero-order valence-electron chi connectivity index (χ0n) is 4.26. The van der Waals surface area contributed by atoms with E-state index in [1.807, 2.05) is 6.21 Å². The molecule has 0 aromatic heterocycles. The molecule has 0 bridgehead atoms. The predicted molar refractivity (Wildman–Crippen MR) is 34.5 cm³/mol. The lowest BCUT2D eigenvalue weighted by Gasteiger charge is -1.97. The Labute approximate surface area is 50.2 Å². The Hall–Kier alpha value is -0.0400. The second-order valence-corrected chi connectivity index (χ2v) is 1.58. The van der Waals surface area contributed by atoms with Crippen LogP contribution in [0.15, 0.2) is 4.99 Å². The van der Waals surface area contributed by atoms with Crippen LogP contribution in [-0.2, 0) is 0 Å². The highest BCUT2D eigenvalue weighted by molar-refractivity contribution is 5.85. The minimum absolute atomic E-state index is 0. The van der Waals surface area contributed by atoms with E-state index in [1.165, 1.54) is 19.3 Å². The van der Waals surface area contributed by atoms with E-state index in [1.54, 1.807) is 0 Å². The maximum absolute atomic E-state index is 4.05. The van der Waals surface area contributed by atoms with Crippen molar-refractivity contribution in [2.24, 2.45) is 4.99 Å². The van der Waals surface area contributed by atoms with Crippen LogP contribution in [0, 0.1) is 0 Å². The van der Waals surface area contributed by atoms with Gasteiger partial charge in [0.15, 0.2) is 0 Å². The van der Waals surface area contributed by atoms with E-state index >= 15 is 0 Å². The van der Waals surface area contributed by atoms with Crippen molar-refractivity contribution in [2.45, 2.75) is 19.3 Å². The third kappa shape index (κ3) is 2.63. The van der Waals surface area contributed by atoms with Crippen LogP contribution in [0.5, 0.6) is 0 Å². The average molecular weight is 120 g/mol. The maximum atomic E-state index is 4.05. The van der Waals surface area contributed by atoms with Gasteiger partial charge in [-0.15, -0.1) is 12.4 Å². The van der Waals surface area contributed by atoms with Gasteiger partial charge in [0.25, 0.3) is 0 Å². The highest BCUT2D eigenvalue weighted by Crippen LogP contribution is 1.97. The number of rotatable bonds is 0. The summed E-state index contributed by atoms with van der Waals surface area (Å²) in [4.78, 5) is 4.05. The highest BCUT2D eigenvalue weighted by atomic mass is 35.5. The molecule has 0 aromatic rings. The van der Waals surface area contributed by atoms with Crippen molar-refractivity contribution in [2.75, 3.05) is 6.54 Å². The zero-order chi connectivity index (χ0) is 4.24. The number of halogens is 1. The van der Waals surface area contributed by atoms with Gasteiger partial charge >= 0.3 is 0 Å². The molecule has 42 valence electrons. The Morgan fingerprint density at radius 3 is 2.29 bits per heavy atom. The number of nitrogens with zero attached hydrogens (tertiary/aromatic N) is 1. The quantitative estimate of drug-likeness (QED) is 0.460. The molecule has 1 aliphatic heterocycles. The van der Waals surface area contributed by atoms with E-state index in [-0.39, 0.29) is 12.4 Å². The lowest BCUT2D eigenvalue weighted by molar-refractivity contribution is 0.749. The van der Waals surface area contributed by atoms with E-state index in [4.69, 9.17) is 0 Å². The normalized spacial score (nSPS) is 18.3. The Bertz CT molecular complexity index is 53.1. The third-order valence-corrected chi connectivity index (χ3v) is 1.000. The number of aliphatic imine (C=N–C) groups is 1. The van der Waals surface area contributed by atoms with Gasteiger partial charge in [0, 0.05) is 6.54 Å². The first-order valence-corrected chi connectivity index (χ1v) is 2.48. The van der Waals surface area contributed by atoms with E-state index < -0.39 is 0 Å². The summed E-state index contributed by atoms with van der Waals surface area (Å²) in [5.74, 6) is 0. The molecule has 1 nitrogen and oxygen atoms in total. The van der Waals surface area contributed by atoms with Crippen molar-refractivity contribution < 1.29 is 0 Å². The summed E-state index contributed by atoms with van der Waals surface area (Å²) >= 11 is 0. The van der Waals surface area contributed by atoms with Crippen LogP contribution in [0.3, 0.4) is 0 Å². The van der Waals surface area contributed by atoms with E-state index in [2.05, 4.69) is 4.99 Å². The fourth-order valence-electron chi connectivity index (χ4n) is 0.621. The summed E-state index contributed by atoms with van der Waals surface area (Å²) in [6, 6.07) is 0. The minimum Gasteiger partial charge on any atom is -0.298 e. The Kier molecular flexibility index (Phi) is 4.10. The summed E-state index contributed by atoms with van der Waals surface area (Å²) < 4.78 is 0. The molecule has 2 heteroatoms. The van der Waals surface area contributed by atoms with Crippen LogP contribution in [0.1, 0.15) is 19.3 Å². The Morgan fingerprint density at radius 2 is 2.14 bits per heavy atom. The molecule has 1 aliphatic rings. The molecular formula is C5H10ClN. The van der Waals surface area contributed by atoms with Crippen molar-refractivity contribution >= 4 is 18.6 Å². The largest absolute Gasteiger partial charge is 0.298 e. The van der Waals surface area contributed by atoms with Crippen molar-refractivity contribution in [3.8, 4) is 0 Å². The van der Waals surface area contributed by atoms with Gasteiger partial charge in [0.2, 0.25) is 0 Å². The van der Waals surface area contributed by atoms with Gasteiger partial charge in [0.05, 0.1) is 0 Å². The molecule has 0 unspecified atom stereocenters. The smallest absolute Gasteiger partial charge is 0.0385 e. The average Bonchev–Trinajstić information content (AvgIpc) is 1.72. The standard InChI is InChI=1S/C5H9N.ClH/c1-2-4-6-5-3-1;/h4H,1-3,5H2;1H. The minimum atomic E-state index is 0. The molecule has 0 aliphatic carbocycles. The Balaban J connectivity index is 0.000000360. The lowest BCUT2D eigenvalue weighted by atomic mass is 10.2. The van der Waals surface area contributed by atoms with E-state index in [0.717, 1.165) is 6.54 Å². The summed E-state index contributed by atoms with van der Waals surface area (Å²) in [6.07, 6.45) is 5.88. The van der Waals surface area contributed by atoms with Crippen LogP contribution in [0.25, 0.3) is 0 Å². The zero-order valence-corrected chi connectivity index (χ0v) is 5.08. The van der Waals surface area contributed by atoms with Crippen LogP contribution < -0.4 is 0 Å². The van der Waals surface area contributed by atoms with Crippen molar-refractivity contribution in [1.82, 2.24) is 0 Å². The SMILES string of the molecule is C1=NCCCC1.Cl. The first kappa shape index (κ1) is 6.96. The molecule has 1 rings (SSSR count). The van der Waals surface area contributed by atoms with Gasteiger partial charge in [-0.1, -0.05) is 0 Å². The van der Waals surface area contributed by atoms with Gasteiger partial charge in [-0.3, -0.25) is 4.99 Å². The predicted octanol–water partition coefficient (Wildman–Crippen LogP) is 1.66. The van der Waals surface area contributed by atoms with Gasteiger partial charge in [-0.2, -0.15) is 0 Å². The molecule has 0 spiro atoms. The molecule has 0 aromatic carbocycles. The van der Waals surface area contributed by atoms with E-state index in [0.29, 0.717) is 0 Å². The third-order valence-electron chi connectivity index (χ3n) is 1.000. The van der Waals surface area contributed by atoms with Crippen LogP contribution in [0.4, 0.5) is 0 Å². The molecule has 0 saturated carbocycles. The second kappa shape index (κ2) is 4.13. The first-order chi connectivity index (χ1) is 3.00. The van der Waals surface area contributed by atoms with Crippen LogP contribution in [0.2, 0.25) is 0 Å². The first-order valence-electron chi connectivity index (χ1n) is 2.48. The van der Waals surface area contributed by atoms with Gasteiger partial charge in [-0.05, 0) is 25.5 Å². The van der Waals surface area contributed by atoms with Crippen LogP contribution in [-0.4, -0.2) is 12.8 Å². The summed E-state index contributed by atoms with van der Waals surface area (Å²) in [5, 5.41) is 0. The maximum Gasteiger partial charge on any atom is 0.0385 e. The molecule has 7 heavy (non-hydrogen) atoms. The highest BCUT2D eigenvalue weighted by Gasteiger charge is 1.88. The molecule has 0 saturated heterocycles. The van der Waals surface area contributed by atoms with E-state index in [9.17, 15) is 0 Å². The molecule has 0 radical (unpaired) electrons. The molecule has 0 fully saturated rings. The fourth-order valence-corrected chi connectivity index (χ4v) is 0.621. The fraction of sp³-hybridized carbons (Fsp3) is 0.800. The monoisotopic (exact) mass is 119 g/mol. The summed E-state index contributed by atoms with van der Waals surface area (Å²) in [6.45, 7) is 1.07. The van der Waals surface area contributed by atoms with Crippen molar-refractivity contribution in [3.63, 3.8) is 0 Å². The van der Waals surface area contributed by atoms with Crippen molar-refractivity contribution in [3.05, 3.63) is 0 Å². The van der Waals surface area contributed by atoms with Crippen molar-refractivity contribution in [1.29, 1.82) is 0 Å². The lowest BCUT2D eigenvalue weighted by Crippen LogP contribution is -1.89. The molecule has 0 atom stereocenters. The van der Waals surface area contributed by atoms with Gasteiger partial charge in [0.1, 0.15) is 0 Å².